The summed E-state index contributed by atoms with van der Waals surface area (Å²) in [6, 6.07) is 5.91. The van der Waals surface area contributed by atoms with Crippen LogP contribution in [0, 0.1) is 16.0 Å². The number of aliphatic imine (C=N–C) groups is 1. The van der Waals surface area contributed by atoms with E-state index in [1.54, 1.807) is 6.07 Å². The monoisotopic (exact) mass is 589 g/mol. The average Bonchev–Trinajstić information content (AvgIpc) is 2.87. The summed E-state index contributed by atoms with van der Waals surface area (Å²) >= 11 is 0. The van der Waals surface area contributed by atoms with Crippen molar-refractivity contribution in [3.05, 3.63) is 51.8 Å². The number of hydrogen-bond acceptors (Lipinski definition) is 8. The fourth-order valence-electron chi connectivity index (χ4n) is 5.63. The molecule has 0 spiro atoms. The number of sulfonamides is 1. The van der Waals surface area contributed by atoms with Crippen LogP contribution in [0.25, 0.3) is 0 Å². The number of rotatable bonds is 8. The highest BCUT2D eigenvalue weighted by Crippen LogP contribution is 2.35. The molecule has 12 nitrogen and oxygen atoms in total. The van der Waals surface area contributed by atoms with Crippen LogP contribution in [0.1, 0.15) is 37.7 Å². The summed E-state index contributed by atoms with van der Waals surface area (Å²) < 4.78 is 67.4. The third-order valence-electron chi connectivity index (χ3n) is 7.63. The van der Waals surface area contributed by atoms with Gasteiger partial charge in [0.1, 0.15) is 5.75 Å². The van der Waals surface area contributed by atoms with E-state index in [-0.39, 0.29) is 41.9 Å². The lowest BCUT2D eigenvalue weighted by molar-refractivity contribution is -0.437. The molecule has 0 radical (unpaired) electrons. The molecule has 1 aliphatic carbocycles. The molecule has 40 heavy (non-hydrogen) atoms. The van der Waals surface area contributed by atoms with Crippen molar-refractivity contribution >= 4 is 16.0 Å². The van der Waals surface area contributed by atoms with Crippen molar-refractivity contribution in [3.63, 3.8) is 0 Å². The number of nitro groups is 1. The van der Waals surface area contributed by atoms with Crippen LogP contribution in [0.3, 0.4) is 0 Å². The van der Waals surface area contributed by atoms with Crippen LogP contribution >= 0.6 is 0 Å². The number of nitrogens with zero attached hydrogens (tertiary/aromatic N) is 4. The molecule has 0 bridgehead atoms. The SMILES string of the molecule is CS(=O)(=O)N1CCN(C2CCC(CC3(N)NC(=NCc4ccccc4OC(F)(F)F)NC=C3[N+](=O)[O-])CC2)CC1. The molecule has 16 heteroatoms. The van der Waals surface area contributed by atoms with E-state index in [2.05, 4.69) is 25.3 Å². The Morgan fingerprint density at radius 1 is 1.18 bits per heavy atom. The fourth-order valence-corrected chi connectivity index (χ4v) is 6.45. The molecule has 222 valence electrons. The topological polar surface area (TPSA) is 155 Å². The largest absolute Gasteiger partial charge is 0.573 e. The zero-order valence-corrected chi connectivity index (χ0v) is 22.9. The van der Waals surface area contributed by atoms with E-state index in [9.17, 15) is 31.7 Å². The number of piperazine rings is 1. The van der Waals surface area contributed by atoms with E-state index in [0.717, 1.165) is 25.7 Å². The summed E-state index contributed by atoms with van der Waals surface area (Å²) in [7, 11) is -3.20. The number of hydrogen-bond donors (Lipinski definition) is 3. The molecular weight excluding hydrogens is 555 g/mol. The predicted octanol–water partition coefficient (Wildman–Crippen LogP) is 1.93. The molecule has 4 rings (SSSR count). The molecule has 1 unspecified atom stereocenters. The highest BCUT2D eigenvalue weighted by atomic mass is 32.2. The van der Waals surface area contributed by atoms with E-state index in [1.807, 2.05) is 0 Å². The number of nitrogens with one attached hydrogen (secondary N) is 2. The lowest BCUT2D eigenvalue weighted by Crippen LogP contribution is -2.64. The van der Waals surface area contributed by atoms with Gasteiger partial charge < -0.3 is 15.4 Å². The van der Waals surface area contributed by atoms with Crippen LogP contribution < -0.4 is 21.1 Å². The molecule has 0 aromatic heterocycles. The molecular formula is C24H34F3N7O5S. The number of alkyl halides is 3. The number of guanidine groups is 1. The Bertz CT molecular complexity index is 1240. The zero-order chi connectivity index (χ0) is 29.1. The molecule has 0 amide bonds. The summed E-state index contributed by atoms with van der Waals surface area (Å²) in [6.45, 7) is 2.08. The second-order valence-corrected chi connectivity index (χ2v) is 12.4. The van der Waals surface area contributed by atoms with Crippen LogP contribution in [-0.2, 0) is 16.6 Å². The van der Waals surface area contributed by atoms with Gasteiger partial charge in [0.2, 0.25) is 10.0 Å². The molecule has 2 fully saturated rings. The van der Waals surface area contributed by atoms with Gasteiger partial charge in [-0.15, -0.1) is 13.2 Å². The molecule has 1 aromatic rings. The van der Waals surface area contributed by atoms with Gasteiger partial charge in [-0.25, -0.2) is 13.4 Å². The van der Waals surface area contributed by atoms with Crippen LogP contribution in [-0.4, -0.2) is 79.0 Å². The molecule has 2 heterocycles. The van der Waals surface area contributed by atoms with E-state index in [1.165, 1.54) is 35.0 Å². The van der Waals surface area contributed by atoms with Crippen molar-refractivity contribution in [2.45, 2.75) is 56.7 Å². The summed E-state index contributed by atoms with van der Waals surface area (Å²) in [5.41, 5.74) is 4.94. The lowest BCUT2D eigenvalue weighted by atomic mass is 9.79. The molecule has 1 saturated heterocycles. The Morgan fingerprint density at radius 3 is 2.42 bits per heavy atom. The van der Waals surface area contributed by atoms with Crippen molar-refractivity contribution in [2.24, 2.45) is 16.6 Å². The maximum atomic E-state index is 12.8. The van der Waals surface area contributed by atoms with Crippen LogP contribution in [0.15, 0.2) is 41.2 Å². The van der Waals surface area contributed by atoms with Crippen LogP contribution in [0.4, 0.5) is 13.2 Å². The molecule has 4 N–H and O–H groups in total. The van der Waals surface area contributed by atoms with Gasteiger partial charge in [-0.05, 0) is 44.1 Å². The lowest BCUT2D eigenvalue weighted by Gasteiger charge is -2.42. The van der Waals surface area contributed by atoms with Crippen molar-refractivity contribution in [1.29, 1.82) is 0 Å². The second-order valence-electron chi connectivity index (χ2n) is 10.4. The number of nitrogens with two attached hydrogens (primary N) is 1. The third-order valence-corrected chi connectivity index (χ3v) is 8.94. The first-order chi connectivity index (χ1) is 18.7. The number of ether oxygens (including phenoxy) is 1. The molecule has 1 atom stereocenters. The first-order valence-corrected chi connectivity index (χ1v) is 14.8. The molecule has 1 aromatic carbocycles. The number of para-hydroxylation sites is 1. The van der Waals surface area contributed by atoms with Crippen molar-refractivity contribution in [2.75, 3.05) is 32.4 Å². The first kappa shape index (κ1) is 30.0. The van der Waals surface area contributed by atoms with E-state index in [4.69, 9.17) is 5.73 Å². The summed E-state index contributed by atoms with van der Waals surface area (Å²) in [4.78, 5) is 17.8. The van der Waals surface area contributed by atoms with Gasteiger partial charge in [-0.3, -0.25) is 20.7 Å². The highest BCUT2D eigenvalue weighted by molar-refractivity contribution is 7.88. The van der Waals surface area contributed by atoms with E-state index < -0.39 is 27.0 Å². The van der Waals surface area contributed by atoms with Crippen LogP contribution in [0.2, 0.25) is 0 Å². The zero-order valence-electron chi connectivity index (χ0n) is 22.1. The first-order valence-electron chi connectivity index (χ1n) is 13.0. The Kier molecular flexibility index (Phi) is 8.92. The Labute approximate surface area is 230 Å². The number of benzene rings is 1. The van der Waals surface area contributed by atoms with Gasteiger partial charge in [0, 0.05) is 37.8 Å². The minimum absolute atomic E-state index is 0.0923. The quantitative estimate of drug-likeness (QED) is 0.305. The van der Waals surface area contributed by atoms with Gasteiger partial charge in [0.05, 0.1) is 23.9 Å². The summed E-state index contributed by atoms with van der Waals surface area (Å²) in [5, 5.41) is 17.4. The standard InChI is InChI=1S/C24H34F3N7O5S/c1-40(37,38)33-12-10-32(11-13-33)19-8-6-17(7-9-19)14-23(28)21(34(35)36)16-30-22(31-23)29-15-18-4-2-3-5-20(18)39-24(25,26)27/h2-5,16-17,19H,6-15,28H2,1H3,(H2,29,30,31). The van der Waals surface area contributed by atoms with Gasteiger partial charge in [-0.2, -0.15) is 4.31 Å². The van der Waals surface area contributed by atoms with Gasteiger partial charge in [0.15, 0.2) is 11.6 Å². The van der Waals surface area contributed by atoms with Crippen molar-refractivity contribution in [3.8, 4) is 5.75 Å². The smallest absolute Gasteiger partial charge is 0.405 e. The predicted molar refractivity (Wildman–Crippen MR) is 141 cm³/mol. The minimum atomic E-state index is -4.86. The normalized spacial score (nSPS) is 27.9. The average molecular weight is 590 g/mol. The molecule has 2 aliphatic heterocycles. The molecule has 1 saturated carbocycles. The maximum Gasteiger partial charge on any atom is 0.573 e. The second kappa shape index (κ2) is 11.9. The Balaban J connectivity index is 1.38. The Morgan fingerprint density at radius 2 is 1.82 bits per heavy atom. The number of halogens is 3. The van der Waals surface area contributed by atoms with Crippen LogP contribution in [0.5, 0.6) is 5.75 Å². The summed E-state index contributed by atoms with van der Waals surface area (Å²) in [5.74, 6) is -0.188. The Hall–Kier alpha value is -2.95. The minimum Gasteiger partial charge on any atom is -0.405 e. The van der Waals surface area contributed by atoms with E-state index in [0.29, 0.717) is 32.2 Å². The third kappa shape index (κ3) is 7.62. The molecule has 3 aliphatic rings. The van der Waals surface area contributed by atoms with Gasteiger partial charge >= 0.3 is 12.1 Å². The van der Waals surface area contributed by atoms with Gasteiger partial charge in [-0.1, -0.05) is 18.2 Å². The fraction of sp³-hybridized carbons (Fsp3) is 0.625. The highest BCUT2D eigenvalue weighted by Gasteiger charge is 2.45. The van der Waals surface area contributed by atoms with E-state index >= 15 is 0 Å². The summed E-state index contributed by atoms with van der Waals surface area (Å²) in [6.07, 6.45) is 1.12. The van der Waals surface area contributed by atoms with Crippen molar-refractivity contribution < 1.29 is 31.2 Å². The maximum absolute atomic E-state index is 12.8. The van der Waals surface area contributed by atoms with Crippen molar-refractivity contribution in [1.82, 2.24) is 19.8 Å². The van der Waals surface area contributed by atoms with Gasteiger partial charge in [0.25, 0.3) is 0 Å².